The van der Waals surface area contributed by atoms with Gasteiger partial charge in [-0.1, -0.05) is 120 Å². The van der Waals surface area contributed by atoms with Crippen molar-refractivity contribution in [3.05, 3.63) is 108 Å². The Bertz CT molecular complexity index is 1630. The number of fused-ring (bicyclic) bond motifs is 2. The maximum Gasteiger partial charge on any atom is 0.233 e. The highest BCUT2D eigenvalue weighted by atomic mass is 32.2. The smallest absolute Gasteiger partial charge is 0.157 e. The van der Waals surface area contributed by atoms with Crippen molar-refractivity contribution in [2.45, 2.75) is 62.2 Å². The van der Waals surface area contributed by atoms with Crippen molar-refractivity contribution in [3.63, 3.8) is 0 Å². The van der Waals surface area contributed by atoms with Crippen LogP contribution in [0.15, 0.2) is 107 Å². The topological polar surface area (TPSA) is 3.88 Å². The van der Waals surface area contributed by atoms with Crippen LogP contribution < -0.4 is 4.57 Å². The van der Waals surface area contributed by atoms with E-state index in [0.717, 1.165) is 0 Å². The highest BCUT2D eigenvalue weighted by Gasteiger charge is 2.30. The second-order valence-electron chi connectivity index (χ2n) is 12.2. The van der Waals surface area contributed by atoms with Gasteiger partial charge in [0.25, 0.3) is 0 Å². The van der Waals surface area contributed by atoms with Crippen LogP contribution in [0, 0.1) is 0 Å². The Morgan fingerprint density at radius 1 is 0.568 bits per heavy atom. The number of aromatic nitrogens is 1. The van der Waals surface area contributed by atoms with Crippen LogP contribution >= 0.6 is 11.8 Å². The molecule has 184 valence electrons. The second kappa shape index (κ2) is 8.60. The van der Waals surface area contributed by atoms with Gasteiger partial charge in [-0.25, -0.2) is 0 Å². The Labute approximate surface area is 225 Å². The number of nitrogens with zero attached hydrogens (tertiary/aromatic N) is 1. The molecule has 2 heterocycles. The molecule has 2 heteroatoms. The summed E-state index contributed by atoms with van der Waals surface area (Å²) in [5.74, 6) is 0. The minimum absolute atomic E-state index is 0.124. The van der Waals surface area contributed by atoms with Crippen molar-refractivity contribution in [2.24, 2.45) is 0 Å². The van der Waals surface area contributed by atoms with Crippen LogP contribution in [0.1, 0.15) is 52.7 Å². The van der Waals surface area contributed by atoms with Gasteiger partial charge in [0.1, 0.15) is 0 Å². The fourth-order valence-corrected chi connectivity index (χ4v) is 6.43. The Hall–Kier alpha value is -3.36. The molecule has 1 aliphatic rings. The maximum absolute atomic E-state index is 2.41. The van der Waals surface area contributed by atoms with Crippen LogP contribution in [-0.4, -0.2) is 0 Å². The maximum atomic E-state index is 2.41. The summed E-state index contributed by atoms with van der Waals surface area (Å²) in [6, 6.07) is 33.9. The predicted molar refractivity (Wildman–Crippen MR) is 158 cm³/mol. The lowest BCUT2D eigenvalue weighted by Crippen LogP contribution is -2.34. The lowest BCUT2D eigenvalue weighted by molar-refractivity contribution is -0.571. The third-order valence-electron chi connectivity index (χ3n) is 7.48. The first-order valence-corrected chi connectivity index (χ1v) is 13.9. The molecule has 0 aliphatic carbocycles. The summed E-state index contributed by atoms with van der Waals surface area (Å²) in [7, 11) is 0. The highest BCUT2D eigenvalue weighted by Crippen LogP contribution is 2.44. The van der Waals surface area contributed by atoms with E-state index in [0.29, 0.717) is 0 Å². The van der Waals surface area contributed by atoms with E-state index in [4.69, 9.17) is 0 Å². The monoisotopic (exact) mass is 500 g/mol. The molecule has 0 saturated heterocycles. The summed E-state index contributed by atoms with van der Waals surface area (Å²) in [6.07, 6.45) is 2.36. The first-order chi connectivity index (χ1) is 17.6. The number of pyridine rings is 1. The van der Waals surface area contributed by atoms with Crippen LogP contribution in [0.2, 0.25) is 0 Å². The Morgan fingerprint density at radius 2 is 1.14 bits per heavy atom. The first kappa shape index (κ1) is 24.0. The summed E-state index contributed by atoms with van der Waals surface area (Å²) in [4.78, 5) is 2.60. The summed E-state index contributed by atoms with van der Waals surface area (Å²) in [6.45, 7) is 13.6. The van der Waals surface area contributed by atoms with E-state index in [9.17, 15) is 0 Å². The molecule has 6 rings (SSSR count). The van der Waals surface area contributed by atoms with E-state index >= 15 is 0 Å². The zero-order chi connectivity index (χ0) is 25.9. The quantitative estimate of drug-likeness (QED) is 0.214. The average Bonchev–Trinajstić information content (AvgIpc) is 2.88. The number of benzene rings is 4. The van der Waals surface area contributed by atoms with Gasteiger partial charge in [0.15, 0.2) is 6.20 Å². The van der Waals surface area contributed by atoms with Gasteiger partial charge in [-0.2, -0.15) is 4.57 Å². The summed E-state index contributed by atoms with van der Waals surface area (Å²) >= 11 is 1.87. The SMILES string of the molecule is CC(C)(C)c1ccc(-c2c[n+]3c4c(cccc4c2-c2ccc(C(C)(C)C)cc2)Sc2ccccc2-3)cc1. The van der Waals surface area contributed by atoms with Crippen molar-refractivity contribution >= 4 is 22.7 Å². The van der Waals surface area contributed by atoms with Crippen molar-refractivity contribution < 1.29 is 4.57 Å². The van der Waals surface area contributed by atoms with Crippen molar-refractivity contribution in [3.8, 4) is 27.9 Å². The molecule has 0 unspecified atom stereocenters. The molecule has 37 heavy (non-hydrogen) atoms. The minimum atomic E-state index is 0.124. The molecule has 0 N–H and O–H groups in total. The Kier molecular flexibility index (Phi) is 5.58. The standard InChI is InChI=1S/C35H34NS/c1-34(2,3)25-18-14-23(15-19-25)28-22-36-29-11-7-8-12-30(29)37-31-13-9-10-27(33(31)36)32(28)24-16-20-26(21-17-24)35(4,5)6/h7-22H,1-6H3/q+1. The zero-order valence-corrected chi connectivity index (χ0v) is 23.4. The number of para-hydroxylation sites is 2. The third-order valence-corrected chi connectivity index (χ3v) is 8.60. The number of hydrogen-bond donors (Lipinski definition) is 0. The summed E-state index contributed by atoms with van der Waals surface area (Å²) in [5.41, 5.74) is 10.6. The lowest BCUT2D eigenvalue weighted by Gasteiger charge is -2.22. The van der Waals surface area contributed by atoms with Gasteiger partial charge in [-0.3, -0.25) is 0 Å². The van der Waals surface area contributed by atoms with Gasteiger partial charge in [0.05, 0.1) is 20.7 Å². The van der Waals surface area contributed by atoms with Crippen LogP contribution in [0.25, 0.3) is 38.8 Å². The molecule has 1 nitrogen and oxygen atoms in total. The zero-order valence-electron chi connectivity index (χ0n) is 22.6. The molecular weight excluding hydrogens is 466 g/mol. The third kappa shape index (κ3) is 4.18. The highest BCUT2D eigenvalue weighted by molar-refractivity contribution is 7.99. The molecule has 0 radical (unpaired) electrons. The van der Waals surface area contributed by atoms with Crippen molar-refractivity contribution in [1.29, 1.82) is 0 Å². The van der Waals surface area contributed by atoms with Crippen LogP contribution in [0.5, 0.6) is 0 Å². The fraction of sp³-hybridized carbons (Fsp3) is 0.229. The largest absolute Gasteiger partial charge is 0.233 e. The summed E-state index contributed by atoms with van der Waals surface area (Å²) in [5, 5.41) is 1.29. The van der Waals surface area contributed by atoms with Crippen LogP contribution in [-0.2, 0) is 10.8 Å². The molecule has 0 atom stereocenters. The molecular formula is C35H34NS+. The van der Waals surface area contributed by atoms with Crippen molar-refractivity contribution in [1.82, 2.24) is 0 Å². The molecule has 0 bridgehead atoms. The molecule has 4 aromatic carbocycles. The van der Waals surface area contributed by atoms with E-state index in [1.807, 2.05) is 11.8 Å². The van der Waals surface area contributed by atoms with Gasteiger partial charge in [0, 0.05) is 11.6 Å². The van der Waals surface area contributed by atoms with Crippen LogP contribution in [0.4, 0.5) is 0 Å². The van der Waals surface area contributed by atoms with Crippen molar-refractivity contribution in [2.75, 3.05) is 0 Å². The van der Waals surface area contributed by atoms with Gasteiger partial charge in [0.2, 0.25) is 11.2 Å². The van der Waals surface area contributed by atoms with Gasteiger partial charge < -0.3 is 0 Å². The molecule has 5 aromatic rings. The van der Waals surface area contributed by atoms with E-state index in [-0.39, 0.29) is 10.8 Å². The molecule has 0 saturated carbocycles. The van der Waals surface area contributed by atoms with E-state index in [1.165, 1.54) is 59.8 Å². The van der Waals surface area contributed by atoms with E-state index in [2.05, 4.69) is 143 Å². The number of rotatable bonds is 2. The average molecular weight is 501 g/mol. The molecule has 0 fully saturated rings. The van der Waals surface area contributed by atoms with Crippen LogP contribution in [0.3, 0.4) is 0 Å². The second-order valence-corrected chi connectivity index (χ2v) is 13.2. The Balaban J connectivity index is 1.67. The first-order valence-electron chi connectivity index (χ1n) is 13.1. The predicted octanol–water partition coefficient (Wildman–Crippen LogP) is 9.51. The molecule has 0 amide bonds. The van der Waals surface area contributed by atoms with E-state index in [1.54, 1.807) is 0 Å². The Morgan fingerprint density at radius 3 is 1.76 bits per heavy atom. The van der Waals surface area contributed by atoms with Gasteiger partial charge >= 0.3 is 0 Å². The molecule has 1 aliphatic heterocycles. The fourth-order valence-electron chi connectivity index (χ4n) is 5.33. The minimum Gasteiger partial charge on any atom is -0.157 e. The van der Waals surface area contributed by atoms with Gasteiger partial charge in [-0.05, 0) is 51.3 Å². The molecule has 1 aromatic heterocycles. The molecule has 0 spiro atoms. The number of hydrogen-bond acceptors (Lipinski definition) is 1. The summed E-state index contributed by atoms with van der Waals surface area (Å²) < 4.78 is 2.41. The normalized spacial score (nSPS) is 13.0. The lowest BCUT2D eigenvalue weighted by atomic mass is 9.84. The van der Waals surface area contributed by atoms with Gasteiger partial charge in [-0.15, -0.1) is 0 Å². The van der Waals surface area contributed by atoms with E-state index < -0.39 is 0 Å².